The second kappa shape index (κ2) is 6.04. The lowest BCUT2D eigenvalue weighted by Crippen LogP contribution is -2.45. The summed E-state index contributed by atoms with van der Waals surface area (Å²) in [5, 5.41) is 11.5. The van der Waals surface area contributed by atoms with Gasteiger partial charge in [0.05, 0.1) is 5.60 Å². The molecule has 1 fully saturated rings. The van der Waals surface area contributed by atoms with Crippen molar-refractivity contribution in [1.82, 2.24) is 10.2 Å². The van der Waals surface area contributed by atoms with E-state index in [4.69, 9.17) is 9.84 Å². The third-order valence-electron chi connectivity index (χ3n) is 3.25. The molecule has 0 spiro atoms. The van der Waals surface area contributed by atoms with Crippen LogP contribution in [0.15, 0.2) is 0 Å². The number of carbonyl (C=O) groups is 2. The van der Waals surface area contributed by atoms with Gasteiger partial charge in [-0.25, -0.2) is 4.79 Å². The van der Waals surface area contributed by atoms with Crippen LogP contribution in [-0.2, 0) is 9.53 Å². The van der Waals surface area contributed by atoms with Gasteiger partial charge in [-0.2, -0.15) is 0 Å². The van der Waals surface area contributed by atoms with Gasteiger partial charge in [-0.3, -0.25) is 4.79 Å². The Hall–Kier alpha value is -1.30. The van der Waals surface area contributed by atoms with Crippen LogP contribution in [-0.4, -0.2) is 54.4 Å². The first-order valence-corrected chi connectivity index (χ1v) is 6.14. The van der Waals surface area contributed by atoms with Crippen LogP contribution in [0.25, 0.3) is 0 Å². The van der Waals surface area contributed by atoms with Gasteiger partial charge in [0.1, 0.15) is 0 Å². The normalized spacial score (nSPS) is 19.9. The maximum absolute atomic E-state index is 11.9. The minimum absolute atomic E-state index is 0.0729. The number of carboxylic acids is 1. The number of likely N-dealkylation sites (tertiary alicyclic amines) is 1. The van der Waals surface area contributed by atoms with Crippen molar-refractivity contribution < 1.29 is 19.4 Å². The molecular weight excluding hydrogens is 236 g/mol. The Bertz CT molecular complexity index is 317. The van der Waals surface area contributed by atoms with Crippen LogP contribution in [0.2, 0.25) is 0 Å². The highest BCUT2D eigenvalue weighted by molar-refractivity contribution is 5.74. The van der Waals surface area contributed by atoms with Crippen molar-refractivity contribution in [3.63, 3.8) is 0 Å². The number of hydrogen-bond donors (Lipinski definition) is 2. The first kappa shape index (κ1) is 14.8. The van der Waals surface area contributed by atoms with Gasteiger partial charge >= 0.3 is 12.0 Å². The fourth-order valence-corrected chi connectivity index (χ4v) is 1.90. The lowest BCUT2D eigenvalue weighted by Gasteiger charge is -2.25. The molecule has 2 N–H and O–H groups in total. The number of methoxy groups -OCH3 is 1. The van der Waals surface area contributed by atoms with Crippen LogP contribution < -0.4 is 5.32 Å². The number of amides is 2. The molecule has 0 aromatic carbocycles. The maximum atomic E-state index is 11.9. The van der Waals surface area contributed by atoms with E-state index in [9.17, 15) is 9.59 Å². The number of rotatable bonds is 5. The van der Waals surface area contributed by atoms with E-state index in [2.05, 4.69) is 5.32 Å². The third kappa shape index (κ3) is 4.52. The summed E-state index contributed by atoms with van der Waals surface area (Å²) in [6, 6.07) is -0.145. The Balaban J connectivity index is 2.34. The molecular formula is C12H22N2O4. The SMILES string of the molecule is COC(C)(C)CNC(=O)N1CCC(CC(=O)O)C1. The quantitative estimate of drug-likeness (QED) is 0.768. The Labute approximate surface area is 107 Å². The first-order valence-electron chi connectivity index (χ1n) is 6.14. The molecule has 1 aliphatic heterocycles. The third-order valence-corrected chi connectivity index (χ3v) is 3.25. The predicted octanol–water partition coefficient (Wildman–Crippen LogP) is 0.918. The molecule has 0 radical (unpaired) electrons. The molecule has 6 heteroatoms. The standard InChI is InChI=1S/C12H22N2O4/c1-12(2,18-3)8-13-11(17)14-5-4-9(7-14)6-10(15)16/h9H,4-8H2,1-3H3,(H,13,17)(H,15,16). The molecule has 1 rings (SSSR count). The highest BCUT2D eigenvalue weighted by atomic mass is 16.5. The molecule has 2 amide bonds. The molecule has 0 bridgehead atoms. The summed E-state index contributed by atoms with van der Waals surface area (Å²) in [5.41, 5.74) is -0.393. The van der Waals surface area contributed by atoms with Crippen LogP contribution in [0.4, 0.5) is 4.79 Å². The molecule has 1 heterocycles. The molecule has 1 aliphatic rings. The second-order valence-corrected chi connectivity index (χ2v) is 5.32. The average molecular weight is 258 g/mol. The van der Waals surface area contributed by atoms with Crippen LogP contribution in [0.1, 0.15) is 26.7 Å². The van der Waals surface area contributed by atoms with E-state index in [-0.39, 0.29) is 18.4 Å². The van der Waals surface area contributed by atoms with Crippen molar-refractivity contribution in [2.75, 3.05) is 26.7 Å². The van der Waals surface area contributed by atoms with E-state index < -0.39 is 11.6 Å². The molecule has 1 unspecified atom stereocenters. The molecule has 6 nitrogen and oxygen atoms in total. The molecule has 1 atom stereocenters. The minimum Gasteiger partial charge on any atom is -0.481 e. The van der Waals surface area contributed by atoms with Crippen molar-refractivity contribution >= 4 is 12.0 Å². The molecule has 1 saturated heterocycles. The Morgan fingerprint density at radius 2 is 2.17 bits per heavy atom. The Morgan fingerprint density at radius 1 is 1.50 bits per heavy atom. The van der Waals surface area contributed by atoms with Crippen LogP contribution in [0.3, 0.4) is 0 Å². The summed E-state index contributed by atoms with van der Waals surface area (Å²) in [7, 11) is 1.60. The fourth-order valence-electron chi connectivity index (χ4n) is 1.90. The molecule has 0 saturated carbocycles. The largest absolute Gasteiger partial charge is 0.481 e. The first-order chi connectivity index (χ1) is 8.34. The number of hydrogen-bond acceptors (Lipinski definition) is 3. The summed E-state index contributed by atoms with van der Waals surface area (Å²) in [6.07, 6.45) is 0.890. The summed E-state index contributed by atoms with van der Waals surface area (Å²) < 4.78 is 5.21. The van der Waals surface area contributed by atoms with E-state index >= 15 is 0 Å². The highest BCUT2D eigenvalue weighted by Gasteiger charge is 2.28. The number of aliphatic carboxylic acids is 1. The van der Waals surface area contributed by atoms with Crippen molar-refractivity contribution in [1.29, 1.82) is 0 Å². The summed E-state index contributed by atoms with van der Waals surface area (Å²) in [4.78, 5) is 24.1. The van der Waals surface area contributed by atoms with Crippen LogP contribution >= 0.6 is 0 Å². The zero-order chi connectivity index (χ0) is 13.8. The topological polar surface area (TPSA) is 78.9 Å². The van der Waals surface area contributed by atoms with Crippen molar-refractivity contribution in [3.8, 4) is 0 Å². The van der Waals surface area contributed by atoms with E-state index in [1.165, 1.54) is 0 Å². The zero-order valence-corrected chi connectivity index (χ0v) is 11.2. The minimum atomic E-state index is -0.803. The van der Waals surface area contributed by atoms with Crippen LogP contribution in [0.5, 0.6) is 0 Å². The summed E-state index contributed by atoms with van der Waals surface area (Å²) >= 11 is 0. The van der Waals surface area contributed by atoms with Crippen LogP contribution in [0, 0.1) is 5.92 Å². The number of nitrogens with zero attached hydrogens (tertiary/aromatic N) is 1. The predicted molar refractivity (Wildman–Crippen MR) is 66.4 cm³/mol. The van der Waals surface area contributed by atoms with Gasteiger partial charge in [0.15, 0.2) is 0 Å². The number of urea groups is 1. The molecule has 0 aromatic heterocycles. The molecule has 0 aliphatic carbocycles. The molecule has 0 aromatic rings. The fraction of sp³-hybridized carbons (Fsp3) is 0.833. The number of nitrogens with one attached hydrogen (secondary N) is 1. The zero-order valence-electron chi connectivity index (χ0n) is 11.2. The Kier molecular flexibility index (Phi) is 4.95. The lowest BCUT2D eigenvalue weighted by molar-refractivity contribution is -0.138. The van der Waals surface area contributed by atoms with E-state index in [0.29, 0.717) is 19.6 Å². The number of carbonyl (C=O) groups excluding carboxylic acids is 1. The van der Waals surface area contributed by atoms with Gasteiger partial charge in [-0.15, -0.1) is 0 Å². The monoisotopic (exact) mass is 258 g/mol. The van der Waals surface area contributed by atoms with Gasteiger partial charge in [-0.05, 0) is 26.2 Å². The number of carboxylic acid groups (broad SMARTS) is 1. The molecule has 18 heavy (non-hydrogen) atoms. The average Bonchev–Trinajstić information content (AvgIpc) is 2.73. The highest BCUT2D eigenvalue weighted by Crippen LogP contribution is 2.19. The smallest absolute Gasteiger partial charge is 0.317 e. The van der Waals surface area contributed by atoms with E-state index in [1.54, 1.807) is 12.0 Å². The van der Waals surface area contributed by atoms with E-state index in [1.807, 2.05) is 13.8 Å². The summed E-state index contributed by atoms with van der Waals surface area (Å²) in [6.45, 7) is 5.36. The van der Waals surface area contributed by atoms with E-state index in [0.717, 1.165) is 6.42 Å². The summed E-state index contributed by atoms with van der Waals surface area (Å²) in [5.74, 6) is -0.730. The van der Waals surface area contributed by atoms with Gasteiger partial charge in [0.2, 0.25) is 0 Å². The Morgan fingerprint density at radius 3 is 2.72 bits per heavy atom. The lowest BCUT2D eigenvalue weighted by atomic mass is 10.1. The van der Waals surface area contributed by atoms with Gasteiger partial charge in [-0.1, -0.05) is 0 Å². The van der Waals surface area contributed by atoms with Gasteiger partial charge in [0.25, 0.3) is 0 Å². The van der Waals surface area contributed by atoms with Gasteiger partial charge < -0.3 is 20.1 Å². The van der Waals surface area contributed by atoms with Crippen molar-refractivity contribution in [3.05, 3.63) is 0 Å². The van der Waals surface area contributed by atoms with Gasteiger partial charge in [0, 0.05) is 33.2 Å². The van der Waals surface area contributed by atoms with Crippen molar-refractivity contribution in [2.24, 2.45) is 5.92 Å². The molecule has 104 valence electrons. The van der Waals surface area contributed by atoms with Crippen molar-refractivity contribution in [2.45, 2.75) is 32.3 Å². The maximum Gasteiger partial charge on any atom is 0.317 e. The second-order valence-electron chi connectivity index (χ2n) is 5.32. The number of ether oxygens (including phenoxy) is 1.